The molecule has 0 radical (unpaired) electrons. The van der Waals surface area contributed by atoms with E-state index in [4.69, 9.17) is 5.73 Å². The van der Waals surface area contributed by atoms with Gasteiger partial charge in [0.1, 0.15) is 0 Å². The smallest absolute Gasteiger partial charge is 0.220 e. The fourth-order valence-electron chi connectivity index (χ4n) is 4.01. The summed E-state index contributed by atoms with van der Waals surface area (Å²) in [4.78, 5) is 12.8. The van der Waals surface area contributed by atoms with Gasteiger partial charge in [-0.05, 0) is 55.9 Å². The molecule has 1 heterocycles. The van der Waals surface area contributed by atoms with E-state index in [1.807, 2.05) is 11.3 Å². The Kier molecular flexibility index (Phi) is 4.96. The maximum atomic E-state index is 11.3. The van der Waals surface area contributed by atoms with Gasteiger partial charge in [-0.1, -0.05) is 18.9 Å². The highest BCUT2D eigenvalue weighted by Gasteiger charge is 2.31. The van der Waals surface area contributed by atoms with Crippen molar-refractivity contribution in [2.45, 2.75) is 63.5 Å². The Bertz CT molecular complexity index is 445. The standard InChI is InChI=1S/C17H26N2OS/c18-17(20)13-7-9-14(10-8-13)19-16(12-4-1-2-5-12)15-6-3-11-21-15/h3,6,11-14,16,19H,1-2,4-5,7-10H2,(H2,18,20). The minimum atomic E-state index is -0.112. The lowest BCUT2D eigenvalue weighted by atomic mass is 9.84. The van der Waals surface area contributed by atoms with Crippen molar-refractivity contribution >= 4 is 17.2 Å². The van der Waals surface area contributed by atoms with Gasteiger partial charge in [-0.25, -0.2) is 0 Å². The number of rotatable bonds is 5. The van der Waals surface area contributed by atoms with Crippen LogP contribution >= 0.6 is 11.3 Å². The van der Waals surface area contributed by atoms with E-state index in [1.165, 1.54) is 30.6 Å². The molecule has 3 nitrogen and oxygen atoms in total. The molecule has 1 atom stereocenters. The highest BCUT2D eigenvalue weighted by atomic mass is 32.1. The number of nitrogens with two attached hydrogens (primary N) is 1. The summed E-state index contributed by atoms with van der Waals surface area (Å²) in [6.45, 7) is 0. The molecule has 1 aromatic heterocycles. The summed E-state index contributed by atoms with van der Waals surface area (Å²) in [7, 11) is 0. The summed E-state index contributed by atoms with van der Waals surface area (Å²) in [5, 5.41) is 6.10. The second-order valence-corrected chi connectivity index (χ2v) is 7.63. The Labute approximate surface area is 131 Å². The van der Waals surface area contributed by atoms with Gasteiger partial charge in [0, 0.05) is 22.9 Å². The van der Waals surface area contributed by atoms with E-state index >= 15 is 0 Å². The van der Waals surface area contributed by atoms with E-state index in [2.05, 4.69) is 22.8 Å². The summed E-state index contributed by atoms with van der Waals surface area (Å²) in [5.41, 5.74) is 5.43. The molecule has 0 aromatic carbocycles. The van der Waals surface area contributed by atoms with Gasteiger partial charge in [0.2, 0.25) is 5.91 Å². The fraction of sp³-hybridized carbons (Fsp3) is 0.706. The number of primary amides is 1. The van der Waals surface area contributed by atoms with E-state index in [9.17, 15) is 4.79 Å². The van der Waals surface area contributed by atoms with Crippen LogP contribution in [0.25, 0.3) is 0 Å². The summed E-state index contributed by atoms with van der Waals surface area (Å²) in [6.07, 6.45) is 9.54. The van der Waals surface area contributed by atoms with Gasteiger partial charge in [0.25, 0.3) is 0 Å². The topological polar surface area (TPSA) is 55.1 Å². The zero-order chi connectivity index (χ0) is 14.7. The van der Waals surface area contributed by atoms with Gasteiger partial charge in [-0.15, -0.1) is 11.3 Å². The molecule has 1 aromatic rings. The maximum Gasteiger partial charge on any atom is 0.220 e. The molecule has 3 N–H and O–H groups in total. The summed E-state index contributed by atoms with van der Waals surface area (Å²) in [5.74, 6) is 0.784. The third kappa shape index (κ3) is 3.67. The van der Waals surface area contributed by atoms with Crippen molar-refractivity contribution in [3.63, 3.8) is 0 Å². The van der Waals surface area contributed by atoms with E-state index in [0.717, 1.165) is 31.6 Å². The fourth-order valence-corrected chi connectivity index (χ4v) is 4.89. The third-order valence-electron chi connectivity index (χ3n) is 5.27. The highest BCUT2D eigenvalue weighted by molar-refractivity contribution is 7.10. The second kappa shape index (κ2) is 6.93. The van der Waals surface area contributed by atoms with Crippen molar-refractivity contribution in [2.75, 3.05) is 0 Å². The number of hydrogen-bond donors (Lipinski definition) is 2. The van der Waals surface area contributed by atoms with Crippen LogP contribution in [0.15, 0.2) is 17.5 Å². The Morgan fingerprint density at radius 2 is 1.90 bits per heavy atom. The van der Waals surface area contributed by atoms with Crippen molar-refractivity contribution in [3.05, 3.63) is 22.4 Å². The third-order valence-corrected chi connectivity index (χ3v) is 6.22. The predicted molar refractivity (Wildman–Crippen MR) is 87.1 cm³/mol. The minimum Gasteiger partial charge on any atom is -0.369 e. The molecule has 1 unspecified atom stereocenters. The van der Waals surface area contributed by atoms with Crippen LogP contribution < -0.4 is 11.1 Å². The molecule has 0 spiro atoms. The van der Waals surface area contributed by atoms with Crippen molar-refractivity contribution in [2.24, 2.45) is 17.6 Å². The van der Waals surface area contributed by atoms with Crippen LogP contribution in [0.4, 0.5) is 0 Å². The van der Waals surface area contributed by atoms with Crippen LogP contribution in [-0.2, 0) is 4.79 Å². The lowest BCUT2D eigenvalue weighted by Gasteiger charge is -2.33. The van der Waals surface area contributed by atoms with Crippen LogP contribution in [0.1, 0.15) is 62.3 Å². The Morgan fingerprint density at radius 3 is 2.48 bits per heavy atom. The van der Waals surface area contributed by atoms with Crippen LogP contribution in [0, 0.1) is 11.8 Å². The SMILES string of the molecule is NC(=O)C1CCC(NC(c2cccs2)C2CCCC2)CC1. The molecular weight excluding hydrogens is 280 g/mol. The maximum absolute atomic E-state index is 11.3. The van der Waals surface area contributed by atoms with Gasteiger partial charge < -0.3 is 11.1 Å². The Balaban J connectivity index is 1.61. The summed E-state index contributed by atoms with van der Waals surface area (Å²) < 4.78 is 0. The molecule has 21 heavy (non-hydrogen) atoms. The first-order valence-electron chi connectivity index (χ1n) is 8.33. The molecule has 2 saturated carbocycles. The van der Waals surface area contributed by atoms with E-state index < -0.39 is 0 Å². The molecular formula is C17H26N2OS. The molecule has 1 amide bonds. The van der Waals surface area contributed by atoms with Crippen molar-refractivity contribution in [1.82, 2.24) is 5.32 Å². The van der Waals surface area contributed by atoms with Crippen LogP contribution in [0.2, 0.25) is 0 Å². The molecule has 4 heteroatoms. The lowest BCUT2D eigenvalue weighted by Crippen LogP contribution is -2.40. The van der Waals surface area contributed by atoms with Gasteiger partial charge in [0.15, 0.2) is 0 Å². The zero-order valence-corrected chi connectivity index (χ0v) is 13.4. The summed E-state index contributed by atoms with van der Waals surface area (Å²) in [6, 6.07) is 5.50. The normalized spacial score (nSPS) is 28.6. The number of hydrogen-bond acceptors (Lipinski definition) is 3. The van der Waals surface area contributed by atoms with E-state index in [1.54, 1.807) is 0 Å². The molecule has 2 aliphatic carbocycles. The average Bonchev–Trinajstić information content (AvgIpc) is 3.19. The monoisotopic (exact) mass is 306 g/mol. The van der Waals surface area contributed by atoms with E-state index in [-0.39, 0.29) is 11.8 Å². The lowest BCUT2D eigenvalue weighted by molar-refractivity contribution is -0.122. The van der Waals surface area contributed by atoms with Gasteiger partial charge in [0.05, 0.1) is 0 Å². The molecule has 3 rings (SSSR count). The van der Waals surface area contributed by atoms with Gasteiger partial charge in [-0.3, -0.25) is 4.79 Å². The highest BCUT2D eigenvalue weighted by Crippen LogP contribution is 2.38. The van der Waals surface area contributed by atoms with Crippen LogP contribution in [0.3, 0.4) is 0 Å². The van der Waals surface area contributed by atoms with Crippen molar-refractivity contribution in [3.8, 4) is 0 Å². The van der Waals surface area contributed by atoms with Gasteiger partial charge in [-0.2, -0.15) is 0 Å². The molecule has 0 bridgehead atoms. The predicted octanol–water partition coefficient (Wildman–Crippen LogP) is 3.61. The first-order valence-corrected chi connectivity index (χ1v) is 9.21. The molecule has 2 fully saturated rings. The first-order chi connectivity index (χ1) is 10.2. The average molecular weight is 306 g/mol. The van der Waals surface area contributed by atoms with E-state index in [0.29, 0.717) is 12.1 Å². The molecule has 2 aliphatic rings. The number of amides is 1. The number of carbonyl (C=O) groups excluding carboxylic acids is 1. The van der Waals surface area contributed by atoms with Crippen molar-refractivity contribution in [1.29, 1.82) is 0 Å². The quantitative estimate of drug-likeness (QED) is 0.873. The first kappa shape index (κ1) is 15.0. The Hall–Kier alpha value is -0.870. The zero-order valence-electron chi connectivity index (χ0n) is 12.6. The largest absolute Gasteiger partial charge is 0.369 e. The number of nitrogens with one attached hydrogen (secondary N) is 1. The molecule has 0 aliphatic heterocycles. The number of carbonyl (C=O) groups is 1. The molecule has 116 valence electrons. The second-order valence-electron chi connectivity index (χ2n) is 6.66. The van der Waals surface area contributed by atoms with Crippen LogP contribution in [0.5, 0.6) is 0 Å². The minimum absolute atomic E-state index is 0.106. The van der Waals surface area contributed by atoms with Gasteiger partial charge >= 0.3 is 0 Å². The Morgan fingerprint density at radius 1 is 1.19 bits per heavy atom. The molecule has 0 saturated heterocycles. The number of thiophene rings is 1. The summed E-state index contributed by atoms with van der Waals surface area (Å²) >= 11 is 1.88. The van der Waals surface area contributed by atoms with Crippen molar-refractivity contribution < 1.29 is 4.79 Å². The van der Waals surface area contributed by atoms with Crippen LogP contribution in [-0.4, -0.2) is 11.9 Å².